The first kappa shape index (κ1) is 14.4. The molecule has 1 unspecified atom stereocenters. The van der Waals surface area contributed by atoms with E-state index in [4.69, 9.17) is 4.74 Å². The lowest BCUT2D eigenvalue weighted by atomic mass is 9.75. The summed E-state index contributed by atoms with van der Waals surface area (Å²) in [6.07, 6.45) is 4.58. The number of hydrogen-bond acceptors (Lipinski definition) is 2. The summed E-state index contributed by atoms with van der Waals surface area (Å²) >= 11 is 0. The number of rotatable bonds is 6. The molecule has 0 radical (unpaired) electrons. The molecule has 106 valence electrons. The fraction of sp³-hybridized carbons (Fsp3) is 0.600. The first-order valence-corrected chi connectivity index (χ1v) is 6.75. The zero-order valence-corrected chi connectivity index (χ0v) is 11.5. The van der Waals surface area contributed by atoms with Crippen molar-refractivity contribution in [2.45, 2.75) is 43.7 Å². The van der Waals surface area contributed by atoms with Crippen molar-refractivity contribution in [2.24, 2.45) is 0 Å². The Labute approximate surface area is 113 Å². The number of hydrogen-bond donors (Lipinski definition) is 1. The van der Waals surface area contributed by atoms with Crippen molar-refractivity contribution in [3.05, 3.63) is 35.4 Å². The third kappa shape index (κ3) is 3.31. The minimum Gasteiger partial charge on any atom is -0.378 e. The Balaban J connectivity index is 2.04. The van der Waals surface area contributed by atoms with Gasteiger partial charge in [0, 0.05) is 13.2 Å². The van der Waals surface area contributed by atoms with Crippen molar-refractivity contribution >= 4 is 0 Å². The van der Waals surface area contributed by atoms with Crippen LogP contribution in [-0.4, -0.2) is 25.8 Å². The van der Waals surface area contributed by atoms with Gasteiger partial charge in [0.05, 0.1) is 5.60 Å². The van der Waals surface area contributed by atoms with Gasteiger partial charge in [-0.3, -0.25) is 0 Å². The maximum absolute atomic E-state index is 13.7. The average molecular weight is 269 g/mol. The molecule has 1 saturated carbocycles. The van der Waals surface area contributed by atoms with E-state index < -0.39 is 5.82 Å². The molecule has 4 heteroatoms. The lowest BCUT2D eigenvalue weighted by Crippen LogP contribution is -2.45. The van der Waals surface area contributed by atoms with E-state index >= 15 is 0 Å². The summed E-state index contributed by atoms with van der Waals surface area (Å²) < 4.78 is 32.4. The van der Waals surface area contributed by atoms with Crippen LogP contribution in [0.25, 0.3) is 0 Å². The molecule has 0 spiro atoms. The predicted molar refractivity (Wildman–Crippen MR) is 71.1 cm³/mol. The van der Waals surface area contributed by atoms with Crippen LogP contribution in [0.3, 0.4) is 0 Å². The Kier molecular flexibility index (Phi) is 4.53. The average Bonchev–Trinajstić information content (AvgIpc) is 2.36. The number of methoxy groups -OCH3 is 1. The van der Waals surface area contributed by atoms with Crippen molar-refractivity contribution in [3.8, 4) is 0 Å². The van der Waals surface area contributed by atoms with Gasteiger partial charge < -0.3 is 10.1 Å². The quantitative estimate of drug-likeness (QED) is 0.857. The van der Waals surface area contributed by atoms with Crippen LogP contribution in [0.2, 0.25) is 0 Å². The van der Waals surface area contributed by atoms with Crippen LogP contribution in [0.15, 0.2) is 18.2 Å². The second kappa shape index (κ2) is 5.97. The summed E-state index contributed by atoms with van der Waals surface area (Å²) in [7, 11) is 3.58. The van der Waals surface area contributed by atoms with E-state index in [1.807, 2.05) is 7.05 Å². The highest BCUT2D eigenvalue weighted by Gasteiger charge is 2.38. The summed E-state index contributed by atoms with van der Waals surface area (Å²) in [5.74, 6) is -0.738. The molecule has 19 heavy (non-hydrogen) atoms. The summed E-state index contributed by atoms with van der Waals surface area (Å²) in [5, 5.41) is 3.19. The van der Waals surface area contributed by atoms with Gasteiger partial charge in [-0.05, 0) is 62.9 Å². The van der Waals surface area contributed by atoms with Crippen molar-refractivity contribution < 1.29 is 13.5 Å². The van der Waals surface area contributed by atoms with E-state index in [0.717, 1.165) is 25.3 Å². The number of halogens is 2. The van der Waals surface area contributed by atoms with Gasteiger partial charge in [0.1, 0.15) is 11.6 Å². The second-order valence-corrected chi connectivity index (χ2v) is 5.37. The van der Waals surface area contributed by atoms with Crippen LogP contribution in [0.1, 0.15) is 31.2 Å². The van der Waals surface area contributed by atoms with Crippen molar-refractivity contribution in [2.75, 3.05) is 14.2 Å². The largest absolute Gasteiger partial charge is 0.378 e. The maximum atomic E-state index is 13.7. The zero-order valence-electron chi connectivity index (χ0n) is 11.5. The van der Waals surface area contributed by atoms with Gasteiger partial charge in [-0.1, -0.05) is 0 Å². The van der Waals surface area contributed by atoms with Crippen LogP contribution in [0.4, 0.5) is 8.78 Å². The van der Waals surface area contributed by atoms with E-state index in [1.54, 1.807) is 7.11 Å². The summed E-state index contributed by atoms with van der Waals surface area (Å²) in [6.45, 7) is 0. The fourth-order valence-corrected chi connectivity index (χ4v) is 2.75. The minimum atomic E-state index is -0.392. The molecule has 2 rings (SSSR count). The van der Waals surface area contributed by atoms with E-state index in [2.05, 4.69) is 5.32 Å². The van der Waals surface area contributed by atoms with Gasteiger partial charge in [-0.25, -0.2) is 8.78 Å². The highest BCUT2D eigenvalue weighted by molar-refractivity contribution is 5.20. The predicted octanol–water partition coefficient (Wildman–Crippen LogP) is 3.05. The summed E-state index contributed by atoms with van der Waals surface area (Å²) in [6, 6.07) is 3.71. The molecule has 1 aliphatic rings. The van der Waals surface area contributed by atoms with Crippen LogP contribution in [0.5, 0.6) is 0 Å². The Bertz CT molecular complexity index is 427. The number of ether oxygens (including phenoxy) is 1. The monoisotopic (exact) mass is 269 g/mol. The third-order valence-electron chi connectivity index (χ3n) is 4.20. The molecule has 1 fully saturated rings. The molecular formula is C15H21F2NO. The molecule has 0 bridgehead atoms. The van der Waals surface area contributed by atoms with Gasteiger partial charge in [0.25, 0.3) is 0 Å². The lowest BCUT2D eigenvalue weighted by molar-refractivity contribution is -0.0830. The molecule has 0 aromatic heterocycles. The molecule has 2 nitrogen and oxygen atoms in total. The number of nitrogens with one attached hydrogen (secondary N) is 1. The van der Waals surface area contributed by atoms with E-state index in [0.29, 0.717) is 12.0 Å². The first-order valence-electron chi connectivity index (χ1n) is 6.75. The van der Waals surface area contributed by atoms with Crippen molar-refractivity contribution in [1.82, 2.24) is 5.32 Å². The van der Waals surface area contributed by atoms with Crippen LogP contribution in [0, 0.1) is 11.6 Å². The molecule has 0 aliphatic heterocycles. The number of benzene rings is 1. The van der Waals surface area contributed by atoms with Crippen LogP contribution >= 0.6 is 0 Å². The Morgan fingerprint density at radius 3 is 2.63 bits per heavy atom. The molecule has 0 saturated heterocycles. The van der Waals surface area contributed by atoms with Crippen LogP contribution in [-0.2, 0) is 11.2 Å². The van der Waals surface area contributed by atoms with Gasteiger partial charge in [0.15, 0.2) is 0 Å². The van der Waals surface area contributed by atoms with E-state index in [-0.39, 0.29) is 17.5 Å². The number of likely N-dealkylation sites (N-methyl/N-ethyl adjacent to an activating group) is 1. The first-order chi connectivity index (χ1) is 9.08. The molecule has 1 aromatic carbocycles. The fourth-order valence-electron chi connectivity index (χ4n) is 2.75. The normalized spacial score (nSPS) is 18.9. The third-order valence-corrected chi connectivity index (χ3v) is 4.20. The Hall–Kier alpha value is -1.00. The highest BCUT2D eigenvalue weighted by Crippen LogP contribution is 2.39. The lowest BCUT2D eigenvalue weighted by Gasteiger charge is -2.42. The zero-order chi connectivity index (χ0) is 13.9. The van der Waals surface area contributed by atoms with Gasteiger partial charge in [-0.2, -0.15) is 0 Å². The molecule has 1 N–H and O–H groups in total. The molecule has 1 atom stereocenters. The Morgan fingerprint density at radius 2 is 2.11 bits per heavy atom. The SMILES string of the molecule is CNC(Cc1cc(F)ccc1F)CC1(OC)CCC1. The van der Waals surface area contributed by atoms with E-state index in [1.165, 1.54) is 18.6 Å². The minimum absolute atomic E-state index is 0.0719. The maximum Gasteiger partial charge on any atom is 0.126 e. The molecule has 0 heterocycles. The van der Waals surface area contributed by atoms with E-state index in [9.17, 15) is 8.78 Å². The van der Waals surface area contributed by atoms with Crippen molar-refractivity contribution in [3.63, 3.8) is 0 Å². The van der Waals surface area contributed by atoms with Crippen molar-refractivity contribution in [1.29, 1.82) is 0 Å². The van der Waals surface area contributed by atoms with Crippen LogP contribution < -0.4 is 5.32 Å². The standard InChI is InChI=1S/C15H21F2NO/c1-18-13(10-15(19-2)6-3-7-15)9-11-8-12(16)4-5-14(11)17/h4-5,8,13,18H,3,6-7,9-10H2,1-2H3. The molecule has 0 amide bonds. The Morgan fingerprint density at radius 1 is 1.37 bits per heavy atom. The smallest absolute Gasteiger partial charge is 0.126 e. The highest BCUT2D eigenvalue weighted by atomic mass is 19.1. The van der Waals surface area contributed by atoms with Gasteiger partial charge >= 0.3 is 0 Å². The summed E-state index contributed by atoms with van der Waals surface area (Å²) in [4.78, 5) is 0. The topological polar surface area (TPSA) is 21.3 Å². The molecule has 1 aromatic rings. The molecule has 1 aliphatic carbocycles. The summed E-state index contributed by atoms with van der Waals surface area (Å²) in [5.41, 5.74) is 0.349. The second-order valence-electron chi connectivity index (χ2n) is 5.37. The van der Waals surface area contributed by atoms with Gasteiger partial charge in [-0.15, -0.1) is 0 Å². The van der Waals surface area contributed by atoms with Gasteiger partial charge in [0.2, 0.25) is 0 Å². The molecular weight excluding hydrogens is 248 g/mol.